The Kier molecular flexibility index (Phi) is 45.6. The van der Waals surface area contributed by atoms with Crippen LogP contribution in [0.3, 0.4) is 0 Å². The summed E-state index contributed by atoms with van der Waals surface area (Å²) in [4.78, 5) is 8.94. The van der Waals surface area contributed by atoms with Gasteiger partial charge in [0.25, 0.3) is 0 Å². The molecule has 0 fully saturated rings. The number of hydrogen-bond donors (Lipinski definition) is 2. The van der Waals surface area contributed by atoms with Crippen molar-refractivity contribution in [3.63, 3.8) is 0 Å². The SMILES string of the molecule is C=C.NNC=O. The second-order valence-electron chi connectivity index (χ2n) is 0.285. The first-order chi connectivity index (χ1) is 2.91. The molecule has 0 aliphatic carbocycles. The Labute approximate surface area is 36.8 Å². The van der Waals surface area contributed by atoms with E-state index in [9.17, 15) is 0 Å². The quantitative estimate of drug-likeness (QED) is 0.148. The number of carbonyl (C=O) groups excluding carboxylic acids is 1. The molecule has 0 aliphatic heterocycles. The van der Waals surface area contributed by atoms with Crippen LogP contribution >= 0.6 is 0 Å². The maximum Gasteiger partial charge on any atom is 0.221 e. The van der Waals surface area contributed by atoms with Crippen LogP contribution in [0.4, 0.5) is 0 Å². The largest absolute Gasteiger partial charge is 0.297 e. The van der Waals surface area contributed by atoms with Crippen molar-refractivity contribution in [3.8, 4) is 0 Å². The summed E-state index contributed by atoms with van der Waals surface area (Å²) in [5.74, 6) is 4.41. The molecule has 0 aromatic rings. The Balaban J connectivity index is 0. The van der Waals surface area contributed by atoms with Crippen molar-refractivity contribution in [1.82, 2.24) is 5.43 Å². The van der Waals surface area contributed by atoms with Gasteiger partial charge in [-0.1, -0.05) is 0 Å². The molecule has 0 aromatic heterocycles. The summed E-state index contributed by atoms with van der Waals surface area (Å²) in [7, 11) is 0. The van der Waals surface area contributed by atoms with Gasteiger partial charge in [-0.3, -0.25) is 10.2 Å². The molecule has 0 spiro atoms. The summed E-state index contributed by atoms with van der Waals surface area (Å²) in [6, 6.07) is 0. The summed E-state index contributed by atoms with van der Waals surface area (Å²) in [6.45, 7) is 6.00. The Hall–Kier alpha value is -0.830. The van der Waals surface area contributed by atoms with Crippen LogP contribution in [0.25, 0.3) is 0 Å². The van der Waals surface area contributed by atoms with Crippen LogP contribution in [0.15, 0.2) is 13.2 Å². The lowest BCUT2D eigenvalue weighted by Gasteiger charge is -1.66. The molecule has 0 saturated carbocycles. The lowest BCUT2D eigenvalue weighted by atomic mass is 11.3. The summed E-state index contributed by atoms with van der Waals surface area (Å²) in [5.41, 5.74) is 1.75. The maximum absolute atomic E-state index is 8.94. The lowest BCUT2D eigenvalue weighted by molar-refractivity contribution is -0.109. The van der Waals surface area contributed by atoms with Gasteiger partial charge in [0.05, 0.1) is 0 Å². The molecule has 36 valence electrons. The molecule has 0 heterocycles. The third-order valence-electron chi connectivity index (χ3n) is 0.0680. The second kappa shape index (κ2) is 30.6. The third kappa shape index (κ3) is 517. The van der Waals surface area contributed by atoms with E-state index in [-0.39, 0.29) is 0 Å². The van der Waals surface area contributed by atoms with Gasteiger partial charge in [-0.25, -0.2) is 5.84 Å². The number of nitrogens with one attached hydrogen (secondary N) is 1. The van der Waals surface area contributed by atoms with Crippen LogP contribution in [-0.2, 0) is 4.79 Å². The molecule has 0 bridgehead atoms. The molecule has 3 heteroatoms. The summed E-state index contributed by atoms with van der Waals surface area (Å²) < 4.78 is 0. The molecular weight excluding hydrogens is 80.0 g/mol. The van der Waals surface area contributed by atoms with E-state index >= 15 is 0 Å². The van der Waals surface area contributed by atoms with Crippen LogP contribution in [0.5, 0.6) is 0 Å². The van der Waals surface area contributed by atoms with Crippen molar-refractivity contribution in [3.05, 3.63) is 13.2 Å². The fourth-order valence-electron chi connectivity index (χ4n) is 0. The van der Waals surface area contributed by atoms with Crippen molar-refractivity contribution in [2.75, 3.05) is 0 Å². The molecular formula is C3H8N2O. The minimum Gasteiger partial charge on any atom is -0.297 e. The van der Waals surface area contributed by atoms with E-state index in [1.54, 1.807) is 5.43 Å². The van der Waals surface area contributed by atoms with Crippen LogP contribution in [0.1, 0.15) is 0 Å². The first-order valence-corrected chi connectivity index (χ1v) is 1.31. The van der Waals surface area contributed by atoms with Crippen LogP contribution < -0.4 is 11.3 Å². The molecule has 0 atom stereocenters. The average Bonchev–Trinajstić information content (AvgIpc) is 1.72. The van der Waals surface area contributed by atoms with E-state index in [1.807, 2.05) is 0 Å². The normalized spacial score (nSPS) is 4.17. The van der Waals surface area contributed by atoms with Gasteiger partial charge in [-0.05, 0) is 0 Å². The standard InChI is InChI=1S/C2H4.CH4N2O/c1-2;2-3-1-4/h1-2H2;1H,2H2,(H,3,4). The molecule has 1 amide bonds. The van der Waals surface area contributed by atoms with E-state index in [0.29, 0.717) is 6.41 Å². The molecule has 0 radical (unpaired) electrons. The van der Waals surface area contributed by atoms with E-state index in [2.05, 4.69) is 19.0 Å². The Morgan fingerprint density at radius 1 is 1.67 bits per heavy atom. The van der Waals surface area contributed by atoms with Gasteiger partial charge >= 0.3 is 0 Å². The molecule has 0 rings (SSSR count). The fraction of sp³-hybridized carbons (Fsp3) is 0. The molecule has 0 unspecified atom stereocenters. The minimum atomic E-state index is 0.403. The predicted molar refractivity (Wildman–Crippen MR) is 24.6 cm³/mol. The highest BCUT2D eigenvalue weighted by Crippen LogP contribution is 0.992. The van der Waals surface area contributed by atoms with Gasteiger partial charge in [0.1, 0.15) is 0 Å². The summed E-state index contributed by atoms with van der Waals surface area (Å²) >= 11 is 0. The predicted octanol–water partition coefficient (Wildman–Crippen LogP) is -0.592. The summed E-state index contributed by atoms with van der Waals surface area (Å²) in [6.07, 6.45) is 0.403. The van der Waals surface area contributed by atoms with Crippen molar-refractivity contribution >= 4 is 6.41 Å². The van der Waals surface area contributed by atoms with Crippen molar-refractivity contribution in [2.45, 2.75) is 0 Å². The van der Waals surface area contributed by atoms with Gasteiger partial charge in [-0.15, -0.1) is 13.2 Å². The van der Waals surface area contributed by atoms with Crippen LogP contribution in [-0.4, -0.2) is 6.41 Å². The molecule has 3 N–H and O–H groups in total. The zero-order chi connectivity index (χ0) is 5.41. The highest BCUT2D eigenvalue weighted by atomic mass is 16.1. The number of carbonyl (C=O) groups is 1. The number of nitrogens with two attached hydrogens (primary N) is 1. The molecule has 0 saturated heterocycles. The Morgan fingerprint density at radius 3 is 1.83 bits per heavy atom. The topological polar surface area (TPSA) is 55.1 Å². The van der Waals surface area contributed by atoms with E-state index in [4.69, 9.17) is 4.79 Å². The molecule has 0 aliphatic rings. The van der Waals surface area contributed by atoms with Crippen LogP contribution in [0, 0.1) is 0 Å². The van der Waals surface area contributed by atoms with Gasteiger partial charge in [-0.2, -0.15) is 0 Å². The fourth-order valence-corrected chi connectivity index (χ4v) is 0. The van der Waals surface area contributed by atoms with Gasteiger partial charge in [0, 0.05) is 0 Å². The lowest BCUT2D eigenvalue weighted by Crippen LogP contribution is -2.18. The smallest absolute Gasteiger partial charge is 0.221 e. The third-order valence-corrected chi connectivity index (χ3v) is 0.0680. The number of hydrogen-bond acceptors (Lipinski definition) is 2. The van der Waals surface area contributed by atoms with Crippen LogP contribution in [0.2, 0.25) is 0 Å². The first kappa shape index (κ1) is 8.95. The number of amides is 1. The number of rotatable bonds is 1. The van der Waals surface area contributed by atoms with E-state index in [1.165, 1.54) is 0 Å². The molecule has 3 nitrogen and oxygen atoms in total. The summed E-state index contributed by atoms with van der Waals surface area (Å²) in [5, 5.41) is 0. The van der Waals surface area contributed by atoms with E-state index in [0.717, 1.165) is 0 Å². The van der Waals surface area contributed by atoms with Crippen molar-refractivity contribution < 1.29 is 4.79 Å². The van der Waals surface area contributed by atoms with Crippen molar-refractivity contribution in [1.29, 1.82) is 0 Å². The van der Waals surface area contributed by atoms with Gasteiger partial charge in [0.2, 0.25) is 6.41 Å². The highest BCUT2D eigenvalue weighted by Gasteiger charge is 1.42. The monoisotopic (exact) mass is 88.1 g/mol. The van der Waals surface area contributed by atoms with Gasteiger partial charge < -0.3 is 0 Å². The van der Waals surface area contributed by atoms with Gasteiger partial charge in [0.15, 0.2) is 0 Å². The Morgan fingerprint density at radius 2 is 1.83 bits per heavy atom. The minimum absolute atomic E-state index is 0.403. The zero-order valence-electron chi connectivity index (χ0n) is 3.48. The highest BCUT2D eigenvalue weighted by molar-refractivity contribution is 5.44. The molecule has 0 aromatic carbocycles. The zero-order valence-corrected chi connectivity index (χ0v) is 3.48. The maximum atomic E-state index is 8.94. The number of hydrazine groups is 1. The molecule has 6 heavy (non-hydrogen) atoms. The average molecular weight is 88.1 g/mol. The van der Waals surface area contributed by atoms with Crippen molar-refractivity contribution in [2.24, 2.45) is 5.84 Å². The second-order valence-corrected chi connectivity index (χ2v) is 0.285. The first-order valence-electron chi connectivity index (χ1n) is 1.31. The Bertz CT molecular complexity index is 30.0. The van der Waals surface area contributed by atoms with E-state index < -0.39 is 0 Å².